The van der Waals surface area contributed by atoms with E-state index in [9.17, 15) is 4.79 Å². The highest BCUT2D eigenvalue weighted by Gasteiger charge is 2.30. The number of hydrogen-bond acceptors (Lipinski definition) is 3. The van der Waals surface area contributed by atoms with Crippen LogP contribution in [0.1, 0.15) is 6.92 Å². The summed E-state index contributed by atoms with van der Waals surface area (Å²) in [5, 5.41) is 3.93. The highest BCUT2D eigenvalue weighted by atomic mass is 35.5. The number of rotatable bonds is 5. The molecule has 1 saturated heterocycles. The first-order chi connectivity index (χ1) is 13.0. The van der Waals surface area contributed by atoms with Crippen molar-refractivity contribution in [3.8, 4) is 5.75 Å². The molecule has 0 spiro atoms. The van der Waals surface area contributed by atoms with Crippen LogP contribution in [0.2, 0.25) is 10.0 Å². The summed E-state index contributed by atoms with van der Waals surface area (Å²) in [6.07, 6.45) is 0. The van der Waals surface area contributed by atoms with Crippen LogP contribution in [-0.2, 0) is 4.79 Å². The number of nitrogens with one attached hydrogen (secondary N) is 2. The van der Waals surface area contributed by atoms with Gasteiger partial charge in [0, 0.05) is 15.7 Å². The van der Waals surface area contributed by atoms with Gasteiger partial charge in [0.1, 0.15) is 5.75 Å². The summed E-state index contributed by atoms with van der Waals surface area (Å²) >= 11 is 12.0. The van der Waals surface area contributed by atoms with Crippen LogP contribution in [0.4, 0.5) is 11.4 Å². The van der Waals surface area contributed by atoms with Crippen molar-refractivity contribution in [2.75, 3.05) is 43.5 Å². The van der Waals surface area contributed by atoms with Crippen LogP contribution in [0, 0.1) is 0 Å². The zero-order valence-corrected chi connectivity index (χ0v) is 17.0. The van der Waals surface area contributed by atoms with Gasteiger partial charge in [0.2, 0.25) is 0 Å². The average Bonchev–Trinajstić information content (AvgIpc) is 2.66. The quantitative estimate of drug-likeness (QED) is 0.799. The zero-order valence-electron chi connectivity index (χ0n) is 15.5. The van der Waals surface area contributed by atoms with E-state index in [1.807, 2.05) is 25.1 Å². The van der Waals surface area contributed by atoms with E-state index in [4.69, 9.17) is 27.9 Å². The third-order valence-electron chi connectivity index (χ3n) is 4.97. The van der Waals surface area contributed by atoms with Gasteiger partial charge >= 0.3 is 0 Å². The molecule has 0 bridgehead atoms. The van der Waals surface area contributed by atoms with Gasteiger partial charge in [-0.1, -0.05) is 35.3 Å². The summed E-state index contributed by atoms with van der Waals surface area (Å²) in [6.45, 7) is 5.45. The molecule has 2 N–H and O–H groups in total. The number of carbonyl (C=O) groups excluding carboxylic acids is 1. The van der Waals surface area contributed by atoms with E-state index in [-0.39, 0.29) is 11.9 Å². The number of para-hydroxylation sites is 2. The molecule has 144 valence electrons. The van der Waals surface area contributed by atoms with Crippen LogP contribution in [0.3, 0.4) is 0 Å². The number of carbonyl (C=O) groups is 1. The molecule has 1 aliphatic rings. The first-order valence-corrected chi connectivity index (χ1v) is 9.73. The molecule has 7 heteroatoms. The molecule has 1 fully saturated rings. The van der Waals surface area contributed by atoms with E-state index in [2.05, 4.69) is 16.3 Å². The lowest BCUT2D eigenvalue weighted by Crippen LogP contribution is -3.19. The number of hydrogen-bond donors (Lipinski definition) is 2. The Balaban J connectivity index is 1.59. The Bertz CT molecular complexity index is 787. The van der Waals surface area contributed by atoms with Gasteiger partial charge in [-0.3, -0.25) is 4.79 Å². The van der Waals surface area contributed by atoms with Crippen LogP contribution < -0.4 is 19.9 Å². The molecule has 0 unspecified atom stereocenters. The molecule has 2 aromatic rings. The Morgan fingerprint density at radius 1 is 1.15 bits per heavy atom. The number of anilines is 2. The van der Waals surface area contributed by atoms with Gasteiger partial charge in [0.05, 0.1) is 39.0 Å². The molecule has 1 heterocycles. The fourth-order valence-corrected chi connectivity index (χ4v) is 3.95. The maximum absolute atomic E-state index is 12.6. The van der Waals surface area contributed by atoms with Crippen molar-refractivity contribution in [3.05, 3.63) is 52.5 Å². The molecular formula is C20H24Cl2N3O2+. The average molecular weight is 409 g/mol. The summed E-state index contributed by atoms with van der Waals surface area (Å²) in [4.78, 5) is 16.2. The highest BCUT2D eigenvalue weighted by Crippen LogP contribution is 2.27. The lowest BCUT2D eigenvalue weighted by molar-refractivity contribution is -0.914. The third-order valence-corrected chi connectivity index (χ3v) is 5.40. The fourth-order valence-electron chi connectivity index (χ4n) is 3.42. The van der Waals surface area contributed by atoms with E-state index < -0.39 is 0 Å². The number of benzene rings is 2. The van der Waals surface area contributed by atoms with Gasteiger partial charge < -0.3 is 19.9 Å². The molecule has 1 aliphatic heterocycles. The molecule has 1 amide bonds. The highest BCUT2D eigenvalue weighted by molar-refractivity contribution is 6.35. The van der Waals surface area contributed by atoms with Crippen LogP contribution >= 0.6 is 23.2 Å². The SMILES string of the molecule is COc1ccccc1N1CC[NH+]([C@@H](C)C(=O)Nc2cc(Cl)cc(Cl)c2)CC1. The van der Waals surface area contributed by atoms with Gasteiger partial charge in [-0.25, -0.2) is 0 Å². The summed E-state index contributed by atoms with van der Waals surface area (Å²) in [6, 6.07) is 12.9. The first kappa shape index (κ1) is 19.8. The number of amides is 1. The van der Waals surface area contributed by atoms with Crippen molar-refractivity contribution in [1.29, 1.82) is 0 Å². The van der Waals surface area contributed by atoms with Crippen LogP contribution in [0.15, 0.2) is 42.5 Å². The predicted molar refractivity (Wildman–Crippen MR) is 110 cm³/mol. The minimum atomic E-state index is -0.164. The van der Waals surface area contributed by atoms with E-state index in [1.54, 1.807) is 25.3 Å². The fraction of sp³-hybridized carbons (Fsp3) is 0.350. The largest absolute Gasteiger partial charge is 0.495 e. The number of quaternary nitrogens is 1. The molecular weight excluding hydrogens is 385 g/mol. The van der Waals surface area contributed by atoms with E-state index >= 15 is 0 Å². The van der Waals surface area contributed by atoms with Crippen molar-refractivity contribution in [3.63, 3.8) is 0 Å². The molecule has 27 heavy (non-hydrogen) atoms. The lowest BCUT2D eigenvalue weighted by Gasteiger charge is -2.36. The Morgan fingerprint density at radius 3 is 2.41 bits per heavy atom. The monoisotopic (exact) mass is 408 g/mol. The Hall–Kier alpha value is -1.95. The maximum Gasteiger partial charge on any atom is 0.282 e. The minimum Gasteiger partial charge on any atom is -0.495 e. The molecule has 0 aromatic heterocycles. The number of halogens is 2. The van der Waals surface area contributed by atoms with Crippen molar-refractivity contribution in [1.82, 2.24) is 0 Å². The Kier molecular flexibility index (Phi) is 6.47. The molecule has 3 rings (SSSR count). The van der Waals surface area contributed by atoms with Crippen molar-refractivity contribution in [2.24, 2.45) is 0 Å². The Labute approximate surface area is 169 Å². The number of ether oxygens (including phenoxy) is 1. The van der Waals surface area contributed by atoms with Gasteiger partial charge in [-0.15, -0.1) is 0 Å². The van der Waals surface area contributed by atoms with Gasteiger partial charge in [-0.05, 0) is 37.3 Å². The van der Waals surface area contributed by atoms with E-state index in [0.29, 0.717) is 15.7 Å². The second kappa shape index (κ2) is 8.83. The molecule has 5 nitrogen and oxygen atoms in total. The predicted octanol–water partition coefficient (Wildman–Crippen LogP) is 2.73. The normalized spacial score (nSPS) is 16.1. The molecule has 0 saturated carbocycles. The summed E-state index contributed by atoms with van der Waals surface area (Å²) < 4.78 is 5.46. The van der Waals surface area contributed by atoms with Crippen LogP contribution in [-0.4, -0.2) is 45.2 Å². The molecule has 0 aliphatic carbocycles. The molecule has 1 atom stereocenters. The number of piperazine rings is 1. The number of methoxy groups -OCH3 is 1. The van der Waals surface area contributed by atoms with Crippen LogP contribution in [0.25, 0.3) is 0 Å². The maximum atomic E-state index is 12.6. The Morgan fingerprint density at radius 2 is 1.78 bits per heavy atom. The van der Waals surface area contributed by atoms with Crippen molar-refractivity contribution >= 4 is 40.5 Å². The zero-order chi connectivity index (χ0) is 19.4. The lowest BCUT2D eigenvalue weighted by atomic mass is 10.2. The van der Waals surface area contributed by atoms with Gasteiger partial charge in [0.15, 0.2) is 6.04 Å². The molecule has 0 radical (unpaired) electrons. The second-order valence-corrected chi connectivity index (χ2v) is 7.56. The second-order valence-electron chi connectivity index (χ2n) is 6.69. The smallest absolute Gasteiger partial charge is 0.282 e. The van der Waals surface area contributed by atoms with Crippen LogP contribution in [0.5, 0.6) is 5.75 Å². The van der Waals surface area contributed by atoms with Crippen molar-refractivity contribution in [2.45, 2.75) is 13.0 Å². The van der Waals surface area contributed by atoms with Gasteiger partial charge in [0.25, 0.3) is 5.91 Å². The topological polar surface area (TPSA) is 46.0 Å². The van der Waals surface area contributed by atoms with Gasteiger partial charge in [-0.2, -0.15) is 0 Å². The summed E-state index contributed by atoms with van der Waals surface area (Å²) in [7, 11) is 1.69. The first-order valence-electron chi connectivity index (χ1n) is 8.97. The molecule has 2 aromatic carbocycles. The van der Waals surface area contributed by atoms with E-state index in [1.165, 1.54) is 4.90 Å². The van der Waals surface area contributed by atoms with E-state index in [0.717, 1.165) is 37.6 Å². The summed E-state index contributed by atoms with van der Waals surface area (Å²) in [5.74, 6) is 0.846. The standard InChI is InChI=1S/C20H23Cl2N3O2/c1-14(20(26)23-17-12-15(21)11-16(22)13-17)24-7-9-25(10-8-24)18-5-3-4-6-19(18)27-2/h3-6,11-14H,7-10H2,1-2H3,(H,23,26)/p+1/t14-/m0/s1. The van der Waals surface area contributed by atoms with Crippen molar-refractivity contribution < 1.29 is 14.4 Å². The third kappa shape index (κ3) is 4.86. The summed E-state index contributed by atoms with van der Waals surface area (Å²) in [5.41, 5.74) is 1.72. The minimum absolute atomic E-state index is 0.0333. The number of nitrogens with zero attached hydrogens (tertiary/aromatic N) is 1.